The maximum Gasteiger partial charge on any atom is 0.261 e. The lowest BCUT2D eigenvalue weighted by Gasteiger charge is -2.23. The highest BCUT2D eigenvalue weighted by molar-refractivity contribution is 7.13. The van der Waals surface area contributed by atoms with Crippen molar-refractivity contribution in [3.8, 4) is 11.5 Å². The van der Waals surface area contributed by atoms with Crippen molar-refractivity contribution in [2.75, 3.05) is 19.5 Å². The highest BCUT2D eigenvalue weighted by Crippen LogP contribution is 2.29. The van der Waals surface area contributed by atoms with Crippen molar-refractivity contribution >= 4 is 39.2 Å². The smallest absolute Gasteiger partial charge is 0.261 e. The fourth-order valence-electron chi connectivity index (χ4n) is 3.27. The van der Waals surface area contributed by atoms with E-state index >= 15 is 0 Å². The van der Waals surface area contributed by atoms with E-state index in [1.165, 1.54) is 42.5 Å². The van der Waals surface area contributed by atoms with Crippen molar-refractivity contribution in [2.45, 2.75) is 39.8 Å². The maximum atomic E-state index is 12.9. The van der Waals surface area contributed by atoms with Crippen LogP contribution in [0.25, 0.3) is 10.9 Å². The van der Waals surface area contributed by atoms with Gasteiger partial charge in [0.1, 0.15) is 12.6 Å². The number of nitrogens with zero attached hydrogens (tertiary/aromatic N) is 3. The van der Waals surface area contributed by atoms with Crippen molar-refractivity contribution in [3.05, 3.63) is 39.9 Å². The molecule has 3 aromatic rings. The zero-order chi connectivity index (χ0) is 24.1. The minimum Gasteiger partial charge on any atom is -0.493 e. The number of benzene rings is 1. The quantitative estimate of drug-likeness (QED) is 0.489. The summed E-state index contributed by atoms with van der Waals surface area (Å²) in [6, 6.07) is 2.35. The molecule has 33 heavy (non-hydrogen) atoms. The third kappa shape index (κ3) is 5.48. The molecule has 0 saturated carbocycles. The first-order chi connectivity index (χ1) is 15.8. The molecule has 10 nitrogen and oxygen atoms in total. The van der Waals surface area contributed by atoms with Crippen LogP contribution in [0.1, 0.15) is 26.0 Å². The summed E-state index contributed by atoms with van der Waals surface area (Å²) in [7, 11) is 2.97. The molecule has 0 fully saturated rings. The number of aryl methyl sites for hydroxylation is 1. The Morgan fingerprint density at radius 1 is 1.21 bits per heavy atom. The van der Waals surface area contributed by atoms with Gasteiger partial charge < -0.3 is 20.1 Å². The van der Waals surface area contributed by atoms with Crippen LogP contribution in [0.4, 0.5) is 5.13 Å². The molecule has 0 radical (unpaired) electrons. The zero-order valence-electron chi connectivity index (χ0n) is 19.2. The fraction of sp³-hybridized carbons (Fsp3) is 0.409. The third-order valence-electron chi connectivity index (χ3n) is 5.30. The first kappa shape index (κ1) is 24.2. The summed E-state index contributed by atoms with van der Waals surface area (Å²) in [4.78, 5) is 47.0. The largest absolute Gasteiger partial charge is 0.493 e. The predicted octanol–water partition coefficient (Wildman–Crippen LogP) is 2.35. The van der Waals surface area contributed by atoms with Crippen molar-refractivity contribution in [1.82, 2.24) is 19.9 Å². The van der Waals surface area contributed by atoms with Gasteiger partial charge >= 0.3 is 0 Å². The van der Waals surface area contributed by atoms with E-state index < -0.39 is 17.5 Å². The summed E-state index contributed by atoms with van der Waals surface area (Å²) >= 11 is 1.32. The van der Waals surface area contributed by atoms with Gasteiger partial charge in [0.2, 0.25) is 11.8 Å². The van der Waals surface area contributed by atoms with Crippen LogP contribution in [-0.4, -0.2) is 46.6 Å². The Hall–Kier alpha value is -3.47. The van der Waals surface area contributed by atoms with Crippen molar-refractivity contribution in [1.29, 1.82) is 0 Å². The van der Waals surface area contributed by atoms with E-state index in [1.807, 2.05) is 26.2 Å². The Kier molecular flexibility index (Phi) is 7.64. The lowest BCUT2D eigenvalue weighted by atomic mass is 9.98. The summed E-state index contributed by atoms with van der Waals surface area (Å²) in [5.74, 6) is -0.122. The molecular formula is C22H27N5O5S. The summed E-state index contributed by atoms with van der Waals surface area (Å²) in [5.41, 5.74) is 0.820. The Labute approximate surface area is 195 Å². The molecule has 0 aliphatic carbocycles. The first-order valence-corrected chi connectivity index (χ1v) is 11.3. The molecule has 3 rings (SSSR count). The standard InChI is InChI=1S/C22H27N5O5S/c1-6-12(2)19(20(29)26-22-24-13(3)10-33-22)25-18(28)9-27-11-23-15-8-17(32-5)16(31-4)7-14(15)21(27)30/h7-8,10-12,19H,6,9H2,1-5H3,(H,25,28)(H,24,26,29)/t12-,19-/m1/s1. The van der Waals surface area contributed by atoms with Gasteiger partial charge in [-0.15, -0.1) is 11.3 Å². The molecule has 0 saturated heterocycles. The van der Waals surface area contributed by atoms with Gasteiger partial charge in [0.15, 0.2) is 16.6 Å². The first-order valence-electron chi connectivity index (χ1n) is 10.4. The molecule has 0 unspecified atom stereocenters. The molecule has 11 heteroatoms. The second-order valence-electron chi connectivity index (χ2n) is 7.62. The lowest BCUT2D eigenvalue weighted by molar-refractivity contribution is -0.128. The Balaban J connectivity index is 1.80. The number of methoxy groups -OCH3 is 2. The zero-order valence-corrected chi connectivity index (χ0v) is 20.0. The van der Waals surface area contributed by atoms with E-state index in [1.54, 1.807) is 6.07 Å². The fourth-order valence-corrected chi connectivity index (χ4v) is 3.96. The van der Waals surface area contributed by atoms with Gasteiger partial charge in [-0.2, -0.15) is 0 Å². The summed E-state index contributed by atoms with van der Waals surface area (Å²) < 4.78 is 11.7. The second kappa shape index (κ2) is 10.4. The number of carbonyl (C=O) groups excluding carboxylic acids is 2. The number of hydrogen-bond acceptors (Lipinski definition) is 8. The Morgan fingerprint density at radius 2 is 1.91 bits per heavy atom. The number of amides is 2. The molecule has 0 spiro atoms. The number of thiazole rings is 1. The highest BCUT2D eigenvalue weighted by atomic mass is 32.1. The monoisotopic (exact) mass is 473 g/mol. The van der Waals surface area contributed by atoms with Crippen LogP contribution in [0.5, 0.6) is 11.5 Å². The van der Waals surface area contributed by atoms with Crippen LogP contribution in [0.2, 0.25) is 0 Å². The molecule has 2 atom stereocenters. The van der Waals surface area contributed by atoms with E-state index in [2.05, 4.69) is 20.6 Å². The number of aromatic nitrogens is 3. The molecule has 2 aromatic heterocycles. The Bertz CT molecular complexity index is 1220. The average molecular weight is 474 g/mol. The van der Waals surface area contributed by atoms with E-state index in [0.29, 0.717) is 34.0 Å². The normalized spacial score (nSPS) is 12.8. The van der Waals surface area contributed by atoms with Crippen LogP contribution in [0.3, 0.4) is 0 Å². The number of hydrogen-bond donors (Lipinski definition) is 2. The molecule has 2 heterocycles. The molecule has 2 N–H and O–H groups in total. The molecule has 0 bridgehead atoms. The van der Waals surface area contributed by atoms with E-state index in [-0.39, 0.29) is 18.4 Å². The van der Waals surface area contributed by atoms with Gasteiger partial charge in [0.25, 0.3) is 5.56 Å². The number of nitrogens with one attached hydrogen (secondary N) is 2. The van der Waals surface area contributed by atoms with Gasteiger partial charge in [-0.3, -0.25) is 19.0 Å². The SMILES string of the molecule is CC[C@@H](C)[C@@H](NC(=O)Cn1cnc2cc(OC)c(OC)cc2c1=O)C(=O)Nc1nc(C)cs1. The van der Waals surface area contributed by atoms with Crippen molar-refractivity contribution in [2.24, 2.45) is 5.92 Å². The molecule has 2 amide bonds. The summed E-state index contributed by atoms with van der Waals surface area (Å²) in [6.07, 6.45) is 1.97. The summed E-state index contributed by atoms with van der Waals surface area (Å²) in [6.45, 7) is 5.36. The number of anilines is 1. The van der Waals surface area contributed by atoms with Crippen molar-refractivity contribution in [3.63, 3.8) is 0 Å². The molecule has 0 aliphatic heterocycles. The van der Waals surface area contributed by atoms with Crippen LogP contribution >= 0.6 is 11.3 Å². The second-order valence-corrected chi connectivity index (χ2v) is 8.47. The van der Waals surface area contributed by atoms with Crippen molar-refractivity contribution < 1.29 is 19.1 Å². The predicted molar refractivity (Wildman–Crippen MR) is 126 cm³/mol. The minimum absolute atomic E-state index is 0.127. The maximum absolute atomic E-state index is 12.9. The molecule has 0 aliphatic rings. The van der Waals surface area contributed by atoms with Crippen LogP contribution < -0.4 is 25.7 Å². The topological polar surface area (TPSA) is 124 Å². The highest BCUT2D eigenvalue weighted by Gasteiger charge is 2.27. The van der Waals surface area contributed by atoms with E-state index in [0.717, 1.165) is 5.69 Å². The molecule has 1 aromatic carbocycles. The van der Waals surface area contributed by atoms with Gasteiger partial charge in [-0.25, -0.2) is 9.97 Å². The van der Waals surface area contributed by atoms with E-state index in [9.17, 15) is 14.4 Å². The van der Waals surface area contributed by atoms with Gasteiger partial charge in [0, 0.05) is 11.4 Å². The van der Waals surface area contributed by atoms with Gasteiger partial charge in [-0.05, 0) is 18.9 Å². The minimum atomic E-state index is -0.778. The number of fused-ring (bicyclic) bond motifs is 1. The summed E-state index contributed by atoms with van der Waals surface area (Å²) in [5, 5.41) is 8.10. The Morgan fingerprint density at radius 3 is 2.52 bits per heavy atom. The van der Waals surface area contributed by atoms with Crippen LogP contribution in [0, 0.1) is 12.8 Å². The average Bonchev–Trinajstić information content (AvgIpc) is 3.22. The third-order valence-corrected chi connectivity index (χ3v) is 6.18. The van der Waals surface area contributed by atoms with E-state index in [4.69, 9.17) is 9.47 Å². The number of ether oxygens (including phenoxy) is 2. The van der Waals surface area contributed by atoms with Crippen LogP contribution in [-0.2, 0) is 16.1 Å². The van der Waals surface area contributed by atoms with Gasteiger partial charge in [-0.1, -0.05) is 20.3 Å². The lowest BCUT2D eigenvalue weighted by Crippen LogP contribution is -2.49. The van der Waals surface area contributed by atoms with Gasteiger partial charge in [0.05, 0.1) is 37.1 Å². The number of rotatable bonds is 9. The number of carbonyl (C=O) groups is 2. The molecule has 176 valence electrons. The van der Waals surface area contributed by atoms with Crippen LogP contribution in [0.15, 0.2) is 28.6 Å². The molecular weight excluding hydrogens is 446 g/mol.